The van der Waals surface area contributed by atoms with Gasteiger partial charge in [0.15, 0.2) is 5.78 Å². The van der Waals surface area contributed by atoms with Gasteiger partial charge in [-0.3, -0.25) is 9.78 Å². The van der Waals surface area contributed by atoms with Gasteiger partial charge in [-0.15, -0.1) is 0 Å². The van der Waals surface area contributed by atoms with Crippen molar-refractivity contribution in [3.05, 3.63) is 66.4 Å². The van der Waals surface area contributed by atoms with E-state index in [1.807, 2.05) is 42.5 Å². The van der Waals surface area contributed by atoms with Crippen LogP contribution in [0.2, 0.25) is 0 Å². The topological polar surface area (TPSA) is 39.2 Å². The number of benzene rings is 2. The third-order valence-corrected chi connectivity index (χ3v) is 3.07. The first-order valence-electron chi connectivity index (χ1n) is 6.36. The maximum absolute atomic E-state index is 11.4. The molecule has 0 amide bonds. The van der Waals surface area contributed by atoms with E-state index in [9.17, 15) is 4.79 Å². The second-order valence-electron chi connectivity index (χ2n) is 4.51. The minimum atomic E-state index is 0.0232. The van der Waals surface area contributed by atoms with Gasteiger partial charge in [0.2, 0.25) is 0 Å². The molecule has 0 aliphatic rings. The van der Waals surface area contributed by atoms with Crippen molar-refractivity contribution in [2.45, 2.75) is 6.92 Å². The molecule has 2 aromatic carbocycles. The Morgan fingerprint density at radius 1 is 1.05 bits per heavy atom. The Labute approximate surface area is 116 Å². The van der Waals surface area contributed by atoms with Gasteiger partial charge < -0.3 is 4.74 Å². The van der Waals surface area contributed by atoms with Crippen molar-refractivity contribution in [1.29, 1.82) is 0 Å². The molecule has 0 radical (unpaired) electrons. The molecule has 0 aliphatic carbocycles. The molecule has 1 heterocycles. The number of fused-ring (bicyclic) bond motifs is 1. The molecule has 0 saturated heterocycles. The fraction of sp³-hybridized carbons (Fsp3) is 0.0588. The highest BCUT2D eigenvalue weighted by molar-refractivity contribution is 5.94. The zero-order chi connectivity index (χ0) is 13.9. The van der Waals surface area contributed by atoms with Gasteiger partial charge in [-0.1, -0.05) is 18.2 Å². The van der Waals surface area contributed by atoms with Gasteiger partial charge in [0.1, 0.15) is 11.5 Å². The number of carbonyl (C=O) groups excluding carboxylic acids is 1. The molecule has 0 atom stereocenters. The number of rotatable bonds is 3. The Bertz CT molecular complexity index is 775. The van der Waals surface area contributed by atoms with Crippen molar-refractivity contribution in [1.82, 2.24) is 4.98 Å². The number of ketones is 1. The van der Waals surface area contributed by atoms with E-state index in [-0.39, 0.29) is 5.78 Å². The zero-order valence-corrected chi connectivity index (χ0v) is 11.0. The summed E-state index contributed by atoms with van der Waals surface area (Å²) in [4.78, 5) is 15.7. The predicted octanol–water partition coefficient (Wildman–Crippen LogP) is 4.23. The number of pyridine rings is 1. The average molecular weight is 263 g/mol. The van der Waals surface area contributed by atoms with Crippen LogP contribution >= 0.6 is 0 Å². The van der Waals surface area contributed by atoms with E-state index in [2.05, 4.69) is 4.98 Å². The lowest BCUT2D eigenvalue weighted by molar-refractivity contribution is 0.101. The third kappa shape index (κ3) is 2.38. The minimum absolute atomic E-state index is 0.0232. The van der Waals surface area contributed by atoms with Crippen LogP contribution in [-0.2, 0) is 0 Å². The monoisotopic (exact) mass is 263 g/mol. The first-order chi connectivity index (χ1) is 9.74. The fourth-order valence-corrected chi connectivity index (χ4v) is 2.07. The second-order valence-corrected chi connectivity index (χ2v) is 4.51. The molecule has 0 bridgehead atoms. The largest absolute Gasteiger partial charge is 0.457 e. The first-order valence-corrected chi connectivity index (χ1v) is 6.36. The van der Waals surface area contributed by atoms with Crippen LogP contribution in [0, 0.1) is 0 Å². The molecule has 0 fully saturated rings. The summed E-state index contributed by atoms with van der Waals surface area (Å²) in [6.45, 7) is 1.54. The van der Waals surface area contributed by atoms with Crippen molar-refractivity contribution in [2.75, 3.05) is 0 Å². The van der Waals surface area contributed by atoms with Crippen LogP contribution in [0.5, 0.6) is 11.5 Å². The van der Waals surface area contributed by atoms with E-state index in [1.165, 1.54) is 0 Å². The van der Waals surface area contributed by atoms with Crippen LogP contribution in [0.3, 0.4) is 0 Å². The summed E-state index contributed by atoms with van der Waals surface area (Å²) in [5.41, 5.74) is 1.52. The molecule has 0 N–H and O–H groups in total. The molecule has 3 nitrogen and oxygen atoms in total. The maximum atomic E-state index is 11.4. The van der Waals surface area contributed by atoms with Crippen molar-refractivity contribution >= 4 is 16.7 Å². The summed E-state index contributed by atoms with van der Waals surface area (Å²) >= 11 is 0. The average Bonchev–Trinajstić information content (AvgIpc) is 2.48. The lowest BCUT2D eigenvalue weighted by atomic mass is 10.1. The highest BCUT2D eigenvalue weighted by atomic mass is 16.5. The van der Waals surface area contributed by atoms with Gasteiger partial charge in [0.25, 0.3) is 0 Å². The van der Waals surface area contributed by atoms with E-state index in [4.69, 9.17) is 4.74 Å². The van der Waals surface area contributed by atoms with Crippen LogP contribution < -0.4 is 4.74 Å². The first kappa shape index (κ1) is 12.4. The summed E-state index contributed by atoms with van der Waals surface area (Å²) < 4.78 is 5.89. The van der Waals surface area contributed by atoms with E-state index in [0.717, 1.165) is 16.7 Å². The summed E-state index contributed by atoms with van der Waals surface area (Å²) in [5, 5.41) is 0.947. The van der Waals surface area contributed by atoms with Crippen LogP contribution in [0.4, 0.5) is 0 Å². The number of hydrogen-bond acceptors (Lipinski definition) is 3. The lowest BCUT2D eigenvalue weighted by Crippen LogP contribution is -1.93. The second kappa shape index (κ2) is 5.13. The highest BCUT2D eigenvalue weighted by Gasteiger charge is 2.05. The number of Topliss-reactive ketones (excluding diaryl/α,β-unsaturated/α-hetero) is 1. The molecule has 20 heavy (non-hydrogen) atoms. The molecule has 3 heteroatoms. The Hall–Kier alpha value is -2.68. The fourth-order valence-electron chi connectivity index (χ4n) is 2.07. The molecule has 3 rings (SSSR count). The lowest BCUT2D eigenvalue weighted by Gasteiger charge is -2.09. The summed E-state index contributed by atoms with van der Waals surface area (Å²) in [7, 11) is 0. The summed E-state index contributed by atoms with van der Waals surface area (Å²) in [6, 6.07) is 16.8. The van der Waals surface area contributed by atoms with Gasteiger partial charge in [-0.05, 0) is 43.3 Å². The molecule has 0 aliphatic heterocycles. The maximum Gasteiger partial charge on any atom is 0.159 e. The molecule has 0 saturated carbocycles. The summed E-state index contributed by atoms with van der Waals surface area (Å²) in [6.07, 6.45) is 1.75. The molecule has 3 aromatic rings. The van der Waals surface area contributed by atoms with Crippen LogP contribution in [0.25, 0.3) is 10.9 Å². The minimum Gasteiger partial charge on any atom is -0.457 e. The zero-order valence-electron chi connectivity index (χ0n) is 11.0. The quantitative estimate of drug-likeness (QED) is 0.664. The van der Waals surface area contributed by atoms with E-state index < -0.39 is 0 Å². The molecular formula is C17H13NO2. The molecule has 1 aromatic heterocycles. The SMILES string of the molecule is CC(=O)c1cccc(Oc2cccc3ncccc23)c1. The van der Waals surface area contributed by atoms with Gasteiger partial charge in [0.05, 0.1) is 5.52 Å². The van der Waals surface area contributed by atoms with Gasteiger partial charge >= 0.3 is 0 Å². The summed E-state index contributed by atoms with van der Waals surface area (Å²) in [5.74, 6) is 1.40. The van der Waals surface area contributed by atoms with Crippen molar-refractivity contribution in [3.63, 3.8) is 0 Å². The number of carbonyl (C=O) groups is 1. The third-order valence-electron chi connectivity index (χ3n) is 3.07. The molecule has 0 spiro atoms. The smallest absolute Gasteiger partial charge is 0.159 e. The number of nitrogens with zero attached hydrogens (tertiary/aromatic N) is 1. The van der Waals surface area contributed by atoms with Gasteiger partial charge in [0, 0.05) is 17.1 Å². The standard InChI is InChI=1S/C17H13NO2/c1-12(19)13-5-2-6-14(11-13)20-17-9-3-8-16-15(17)7-4-10-18-16/h2-11H,1H3. The van der Waals surface area contributed by atoms with Gasteiger partial charge in [-0.2, -0.15) is 0 Å². The van der Waals surface area contributed by atoms with Crippen molar-refractivity contribution in [2.24, 2.45) is 0 Å². The molecule has 98 valence electrons. The van der Waals surface area contributed by atoms with Crippen molar-refractivity contribution < 1.29 is 9.53 Å². The molecule has 0 unspecified atom stereocenters. The number of aromatic nitrogens is 1. The number of hydrogen-bond donors (Lipinski definition) is 0. The van der Waals surface area contributed by atoms with Crippen LogP contribution in [-0.4, -0.2) is 10.8 Å². The van der Waals surface area contributed by atoms with Crippen molar-refractivity contribution in [3.8, 4) is 11.5 Å². The Morgan fingerprint density at radius 3 is 2.75 bits per heavy atom. The highest BCUT2D eigenvalue weighted by Crippen LogP contribution is 2.29. The Morgan fingerprint density at radius 2 is 1.90 bits per heavy atom. The normalized spacial score (nSPS) is 10.4. The van der Waals surface area contributed by atoms with Gasteiger partial charge in [-0.25, -0.2) is 0 Å². The van der Waals surface area contributed by atoms with E-state index in [1.54, 1.807) is 25.3 Å². The molecular weight excluding hydrogens is 250 g/mol. The van der Waals surface area contributed by atoms with E-state index in [0.29, 0.717) is 11.3 Å². The number of ether oxygens (including phenoxy) is 1. The van der Waals surface area contributed by atoms with Crippen LogP contribution in [0.1, 0.15) is 17.3 Å². The predicted molar refractivity (Wildman–Crippen MR) is 78.3 cm³/mol. The Balaban J connectivity index is 2.01. The van der Waals surface area contributed by atoms with Crippen LogP contribution in [0.15, 0.2) is 60.8 Å². The Kier molecular flexibility index (Phi) is 3.17. The van der Waals surface area contributed by atoms with E-state index >= 15 is 0 Å².